The number of rotatable bonds is 13. The molecule has 2 fully saturated rings. The average Bonchev–Trinajstić information content (AvgIpc) is 3.30. The molecular formula is C33H46N2O5S2. The van der Waals surface area contributed by atoms with E-state index in [2.05, 4.69) is 10.2 Å². The van der Waals surface area contributed by atoms with Crippen LogP contribution in [0.25, 0.3) is 11.1 Å². The van der Waals surface area contributed by atoms with Gasteiger partial charge in [0, 0.05) is 30.4 Å². The normalized spacial score (nSPS) is 20.8. The molecule has 1 aliphatic carbocycles. The maximum Gasteiger partial charge on any atom is 0.326 e. The Morgan fingerprint density at radius 3 is 2.40 bits per heavy atom. The van der Waals surface area contributed by atoms with Crippen LogP contribution in [0, 0.1) is 12.8 Å². The molecule has 0 bridgehead atoms. The highest BCUT2D eigenvalue weighted by Crippen LogP contribution is 2.36. The van der Waals surface area contributed by atoms with Gasteiger partial charge in [0.25, 0.3) is 5.91 Å². The molecule has 230 valence electrons. The zero-order valence-electron chi connectivity index (χ0n) is 25.2. The van der Waals surface area contributed by atoms with Crippen molar-refractivity contribution in [2.45, 2.75) is 89.4 Å². The van der Waals surface area contributed by atoms with Gasteiger partial charge >= 0.3 is 5.97 Å². The molecule has 2 N–H and O–H groups in total. The van der Waals surface area contributed by atoms with Crippen LogP contribution < -0.4 is 5.32 Å². The van der Waals surface area contributed by atoms with E-state index in [-0.39, 0.29) is 11.8 Å². The van der Waals surface area contributed by atoms with Gasteiger partial charge in [-0.3, -0.25) is 9.69 Å². The predicted octanol–water partition coefficient (Wildman–Crippen LogP) is 5.95. The van der Waals surface area contributed by atoms with E-state index in [4.69, 9.17) is 0 Å². The van der Waals surface area contributed by atoms with Crippen LogP contribution in [0.5, 0.6) is 0 Å². The number of carboxylic acids is 1. The number of hydrogen-bond acceptors (Lipinski definition) is 6. The van der Waals surface area contributed by atoms with Crippen LogP contribution in [-0.2, 0) is 21.2 Å². The van der Waals surface area contributed by atoms with Crippen LogP contribution in [0.3, 0.4) is 0 Å². The van der Waals surface area contributed by atoms with Crippen molar-refractivity contribution >= 4 is 33.5 Å². The first kappa shape index (κ1) is 32.6. The number of carbonyl (C=O) groups excluding carboxylic acids is 1. The number of carboxylic acid groups (broad SMARTS) is 1. The highest BCUT2D eigenvalue weighted by Gasteiger charge is 2.36. The topological polar surface area (TPSA) is 104 Å². The van der Waals surface area contributed by atoms with E-state index < -0.39 is 27.8 Å². The fourth-order valence-corrected chi connectivity index (χ4v) is 8.32. The Bertz CT molecular complexity index is 1340. The Kier molecular flexibility index (Phi) is 11.5. The Hall–Kier alpha value is -2.36. The summed E-state index contributed by atoms with van der Waals surface area (Å²) in [5.74, 6) is 0.0466. The zero-order valence-corrected chi connectivity index (χ0v) is 26.8. The van der Waals surface area contributed by atoms with Gasteiger partial charge in [-0.2, -0.15) is 11.8 Å². The van der Waals surface area contributed by atoms with Crippen molar-refractivity contribution in [1.82, 2.24) is 10.2 Å². The molecule has 2 aliphatic rings. The van der Waals surface area contributed by atoms with E-state index in [1.54, 1.807) is 17.8 Å². The van der Waals surface area contributed by atoms with Crippen LogP contribution in [0.1, 0.15) is 79.3 Å². The summed E-state index contributed by atoms with van der Waals surface area (Å²) in [5.41, 5.74) is 4.17. The lowest BCUT2D eigenvalue weighted by Gasteiger charge is -2.33. The largest absolute Gasteiger partial charge is 0.480 e. The van der Waals surface area contributed by atoms with E-state index in [1.807, 2.05) is 49.6 Å². The van der Waals surface area contributed by atoms with E-state index in [1.165, 1.54) is 38.4 Å². The van der Waals surface area contributed by atoms with Gasteiger partial charge in [0.15, 0.2) is 0 Å². The molecule has 1 aliphatic heterocycles. The fraction of sp³-hybridized carbons (Fsp3) is 0.576. The highest BCUT2D eigenvalue weighted by molar-refractivity contribution is 7.98. The standard InChI is InChI=1S/C33H46N2O5S2/c1-23-9-7-8-12-28(23)30-20-25(13-16-29(30)32(36)34-31(33(37)38)17-18-41-2)21-35-26(19-24-10-5-4-6-11-24)14-15-27(35)22-42(3,39)40/h7-9,12-13,16,20,24,26-27,31H,4-6,10-11,14-15,17-19,21-22H2,1-3H3,(H,34,36)(H,37,38). The first-order chi connectivity index (χ1) is 20.1. The Morgan fingerprint density at radius 2 is 1.74 bits per heavy atom. The summed E-state index contributed by atoms with van der Waals surface area (Å²) in [7, 11) is -3.13. The molecule has 1 saturated heterocycles. The lowest BCUT2D eigenvalue weighted by atomic mass is 9.84. The Balaban J connectivity index is 1.65. The quantitative estimate of drug-likeness (QED) is 0.288. The number of hydrogen-bond donors (Lipinski definition) is 2. The first-order valence-corrected chi connectivity index (χ1v) is 18.7. The molecule has 4 rings (SSSR count). The van der Waals surface area contributed by atoms with Gasteiger partial charge in [0.05, 0.1) is 5.75 Å². The number of nitrogens with one attached hydrogen (secondary N) is 1. The predicted molar refractivity (Wildman–Crippen MR) is 172 cm³/mol. The van der Waals surface area contributed by atoms with Gasteiger partial charge in [-0.1, -0.05) is 62.4 Å². The minimum atomic E-state index is -3.13. The van der Waals surface area contributed by atoms with Crippen molar-refractivity contribution in [3.63, 3.8) is 0 Å². The second-order valence-electron chi connectivity index (χ2n) is 12.2. The molecule has 0 aromatic heterocycles. The van der Waals surface area contributed by atoms with Crippen molar-refractivity contribution in [3.05, 3.63) is 59.2 Å². The lowest BCUT2D eigenvalue weighted by Crippen LogP contribution is -2.41. The van der Waals surface area contributed by atoms with Crippen LogP contribution in [0.2, 0.25) is 0 Å². The second-order valence-corrected chi connectivity index (χ2v) is 15.4. The zero-order chi connectivity index (χ0) is 30.3. The summed E-state index contributed by atoms with van der Waals surface area (Å²) in [6.45, 7) is 2.62. The maximum absolute atomic E-state index is 13.5. The molecule has 3 unspecified atom stereocenters. The van der Waals surface area contributed by atoms with Crippen LogP contribution >= 0.6 is 11.8 Å². The number of benzene rings is 2. The summed E-state index contributed by atoms with van der Waals surface area (Å²) < 4.78 is 24.7. The van der Waals surface area contributed by atoms with Crippen LogP contribution in [0.15, 0.2) is 42.5 Å². The van der Waals surface area contributed by atoms with Crippen LogP contribution in [0.4, 0.5) is 0 Å². The molecule has 2 aromatic carbocycles. The average molecular weight is 615 g/mol. The first-order valence-electron chi connectivity index (χ1n) is 15.2. The molecule has 2 aromatic rings. The van der Waals surface area contributed by atoms with Crippen LogP contribution in [-0.4, -0.2) is 72.4 Å². The van der Waals surface area contributed by atoms with Crippen molar-refractivity contribution in [1.29, 1.82) is 0 Å². The van der Waals surface area contributed by atoms with Gasteiger partial charge < -0.3 is 10.4 Å². The summed E-state index contributed by atoms with van der Waals surface area (Å²) in [5, 5.41) is 12.5. The molecule has 42 heavy (non-hydrogen) atoms. The number of sulfone groups is 1. The minimum absolute atomic E-state index is 0.0220. The minimum Gasteiger partial charge on any atom is -0.480 e. The summed E-state index contributed by atoms with van der Waals surface area (Å²) in [4.78, 5) is 27.8. The fourth-order valence-electron chi connectivity index (χ4n) is 6.79. The van der Waals surface area contributed by atoms with E-state index in [0.717, 1.165) is 41.5 Å². The summed E-state index contributed by atoms with van der Waals surface area (Å²) in [6.07, 6.45) is 13.0. The van der Waals surface area contributed by atoms with Gasteiger partial charge in [0.2, 0.25) is 0 Å². The number of aliphatic carboxylic acids is 1. The van der Waals surface area contributed by atoms with Crippen molar-refractivity contribution < 1.29 is 23.1 Å². The van der Waals surface area contributed by atoms with Crippen molar-refractivity contribution in [3.8, 4) is 11.1 Å². The Morgan fingerprint density at radius 1 is 1.02 bits per heavy atom. The number of nitrogens with zero attached hydrogens (tertiary/aromatic N) is 1. The molecule has 3 atom stereocenters. The number of likely N-dealkylation sites (tertiary alicyclic amines) is 1. The van der Waals surface area contributed by atoms with E-state index in [0.29, 0.717) is 36.2 Å². The van der Waals surface area contributed by atoms with Crippen molar-refractivity contribution in [2.75, 3.05) is 24.0 Å². The van der Waals surface area contributed by atoms with E-state index >= 15 is 0 Å². The third-order valence-corrected chi connectivity index (χ3v) is 10.6. The van der Waals surface area contributed by atoms with E-state index in [9.17, 15) is 23.1 Å². The third kappa shape index (κ3) is 8.83. The molecule has 1 saturated carbocycles. The monoisotopic (exact) mass is 614 g/mol. The lowest BCUT2D eigenvalue weighted by molar-refractivity contribution is -0.139. The SMILES string of the molecule is CSCCC(NC(=O)c1ccc(CN2C(CC3CCCCC3)CCC2CS(C)(=O)=O)cc1-c1ccccc1C)C(=O)O. The second kappa shape index (κ2) is 14.9. The number of carbonyl (C=O) groups is 2. The smallest absolute Gasteiger partial charge is 0.326 e. The Labute approximate surface area is 255 Å². The molecule has 7 nitrogen and oxygen atoms in total. The number of amides is 1. The molecule has 9 heteroatoms. The maximum atomic E-state index is 13.5. The molecule has 1 heterocycles. The van der Waals surface area contributed by atoms with Gasteiger partial charge in [0.1, 0.15) is 15.9 Å². The molecule has 0 spiro atoms. The molecular weight excluding hydrogens is 569 g/mol. The van der Waals surface area contributed by atoms with Gasteiger partial charge in [-0.05, 0) is 84.9 Å². The number of thioether (sulfide) groups is 1. The number of aryl methyl sites for hydroxylation is 1. The van der Waals surface area contributed by atoms with Gasteiger partial charge in [-0.25, -0.2) is 13.2 Å². The summed E-state index contributed by atoms with van der Waals surface area (Å²) >= 11 is 1.55. The van der Waals surface area contributed by atoms with Gasteiger partial charge in [-0.15, -0.1) is 0 Å². The molecule has 1 amide bonds. The molecule has 0 radical (unpaired) electrons. The highest BCUT2D eigenvalue weighted by atomic mass is 32.2. The van der Waals surface area contributed by atoms with Crippen molar-refractivity contribution in [2.24, 2.45) is 5.92 Å². The third-order valence-electron chi connectivity index (χ3n) is 8.94. The summed E-state index contributed by atoms with van der Waals surface area (Å²) in [6, 6.07) is 13.0.